The summed E-state index contributed by atoms with van der Waals surface area (Å²) in [5.74, 6) is 3.88. The van der Waals surface area contributed by atoms with Crippen molar-refractivity contribution in [3.63, 3.8) is 0 Å². The zero-order valence-corrected chi connectivity index (χ0v) is 15.6. The van der Waals surface area contributed by atoms with Gasteiger partial charge in [0.15, 0.2) is 11.5 Å². The van der Waals surface area contributed by atoms with E-state index >= 15 is 0 Å². The van der Waals surface area contributed by atoms with Crippen LogP contribution in [0.3, 0.4) is 0 Å². The molecule has 0 radical (unpaired) electrons. The quantitative estimate of drug-likeness (QED) is 0.669. The molecule has 8 nitrogen and oxygen atoms in total. The molecule has 28 heavy (non-hydrogen) atoms. The third-order valence-electron chi connectivity index (χ3n) is 4.12. The maximum absolute atomic E-state index is 5.62. The highest BCUT2D eigenvalue weighted by atomic mass is 16.6. The predicted molar refractivity (Wildman–Crippen MR) is 106 cm³/mol. The van der Waals surface area contributed by atoms with Gasteiger partial charge >= 0.3 is 0 Å². The van der Waals surface area contributed by atoms with Gasteiger partial charge in [-0.05, 0) is 30.3 Å². The lowest BCUT2D eigenvalue weighted by molar-refractivity contribution is 0.171. The number of ether oxygens (including phenoxy) is 4. The van der Waals surface area contributed by atoms with Crippen molar-refractivity contribution >= 4 is 23.1 Å². The van der Waals surface area contributed by atoms with E-state index in [9.17, 15) is 0 Å². The van der Waals surface area contributed by atoms with Crippen molar-refractivity contribution in [3.8, 4) is 23.0 Å². The zero-order chi connectivity index (χ0) is 19.3. The molecule has 2 aromatic carbocycles. The highest BCUT2D eigenvalue weighted by molar-refractivity contribution is 5.66. The van der Waals surface area contributed by atoms with E-state index in [1.807, 2.05) is 36.4 Å². The first-order valence-corrected chi connectivity index (χ1v) is 8.74. The number of aromatic nitrogens is 2. The Morgan fingerprint density at radius 3 is 2.57 bits per heavy atom. The van der Waals surface area contributed by atoms with E-state index in [0.717, 1.165) is 11.4 Å². The molecule has 1 aliphatic rings. The summed E-state index contributed by atoms with van der Waals surface area (Å²) in [5.41, 5.74) is 1.55. The second-order valence-electron chi connectivity index (χ2n) is 5.94. The van der Waals surface area contributed by atoms with Gasteiger partial charge in [0, 0.05) is 24.0 Å². The molecule has 0 unspecified atom stereocenters. The summed E-state index contributed by atoms with van der Waals surface area (Å²) < 4.78 is 21.8. The van der Waals surface area contributed by atoms with Gasteiger partial charge in [-0.3, -0.25) is 0 Å². The highest BCUT2D eigenvalue weighted by Gasteiger charge is 2.12. The fourth-order valence-corrected chi connectivity index (χ4v) is 2.79. The molecule has 0 bridgehead atoms. The molecule has 0 amide bonds. The molecule has 3 aromatic rings. The van der Waals surface area contributed by atoms with Gasteiger partial charge in [0.2, 0.25) is 5.95 Å². The van der Waals surface area contributed by atoms with Gasteiger partial charge in [0.05, 0.1) is 19.9 Å². The number of methoxy groups -OCH3 is 2. The fourth-order valence-electron chi connectivity index (χ4n) is 2.79. The second-order valence-corrected chi connectivity index (χ2v) is 5.94. The first kappa shape index (κ1) is 17.7. The first-order chi connectivity index (χ1) is 13.7. The largest absolute Gasteiger partial charge is 0.497 e. The molecule has 2 heterocycles. The number of nitrogens with one attached hydrogen (secondary N) is 2. The van der Waals surface area contributed by atoms with Gasteiger partial charge in [-0.1, -0.05) is 0 Å². The third-order valence-corrected chi connectivity index (χ3v) is 4.12. The van der Waals surface area contributed by atoms with Crippen molar-refractivity contribution < 1.29 is 18.9 Å². The number of hydrogen-bond donors (Lipinski definition) is 2. The number of anilines is 4. The van der Waals surface area contributed by atoms with E-state index in [4.69, 9.17) is 18.9 Å². The lowest BCUT2D eigenvalue weighted by Crippen LogP contribution is -2.15. The topological polar surface area (TPSA) is 86.8 Å². The molecule has 0 saturated heterocycles. The van der Waals surface area contributed by atoms with Crippen molar-refractivity contribution in [2.45, 2.75) is 0 Å². The van der Waals surface area contributed by atoms with Gasteiger partial charge in [-0.2, -0.15) is 4.98 Å². The highest BCUT2D eigenvalue weighted by Crippen LogP contribution is 2.34. The minimum absolute atomic E-state index is 0.425. The smallest absolute Gasteiger partial charge is 0.229 e. The van der Waals surface area contributed by atoms with Crippen LogP contribution in [-0.2, 0) is 0 Å². The van der Waals surface area contributed by atoms with Gasteiger partial charge in [-0.15, -0.1) is 0 Å². The number of benzene rings is 2. The Labute approximate surface area is 162 Å². The molecule has 2 N–H and O–H groups in total. The van der Waals surface area contributed by atoms with Gasteiger partial charge < -0.3 is 29.6 Å². The van der Waals surface area contributed by atoms with Crippen LogP contribution in [0.1, 0.15) is 0 Å². The molecule has 0 fully saturated rings. The molecule has 0 spiro atoms. The maximum atomic E-state index is 5.62. The van der Waals surface area contributed by atoms with E-state index in [1.165, 1.54) is 0 Å². The monoisotopic (exact) mass is 380 g/mol. The Kier molecular flexibility index (Phi) is 5.01. The summed E-state index contributed by atoms with van der Waals surface area (Å²) in [6.07, 6.45) is 1.67. The Bertz CT molecular complexity index is 980. The Morgan fingerprint density at radius 1 is 0.893 bits per heavy atom. The van der Waals surface area contributed by atoms with E-state index in [-0.39, 0.29) is 0 Å². The Balaban J connectivity index is 1.54. The van der Waals surface area contributed by atoms with Crippen LogP contribution >= 0.6 is 0 Å². The molecule has 0 atom stereocenters. The van der Waals surface area contributed by atoms with E-state index in [0.29, 0.717) is 47.9 Å². The van der Waals surface area contributed by atoms with Gasteiger partial charge in [-0.25, -0.2) is 4.98 Å². The fraction of sp³-hybridized carbons (Fsp3) is 0.200. The molecule has 0 aliphatic carbocycles. The van der Waals surface area contributed by atoms with Gasteiger partial charge in [0.1, 0.15) is 30.5 Å². The second kappa shape index (κ2) is 7.91. The van der Waals surface area contributed by atoms with Crippen molar-refractivity contribution in [2.24, 2.45) is 0 Å². The summed E-state index contributed by atoms with van der Waals surface area (Å²) in [6, 6.07) is 12.9. The van der Waals surface area contributed by atoms with Crippen LogP contribution in [-0.4, -0.2) is 37.4 Å². The first-order valence-electron chi connectivity index (χ1n) is 8.74. The van der Waals surface area contributed by atoms with Crippen LogP contribution < -0.4 is 29.6 Å². The summed E-state index contributed by atoms with van der Waals surface area (Å²) >= 11 is 0. The molecular weight excluding hydrogens is 360 g/mol. The van der Waals surface area contributed by atoms with Crippen LogP contribution in [0.25, 0.3) is 0 Å². The minimum atomic E-state index is 0.425. The summed E-state index contributed by atoms with van der Waals surface area (Å²) in [6.45, 7) is 1.11. The van der Waals surface area contributed by atoms with Crippen LogP contribution in [0.2, 0.25) is 0 Å². The Morgan fingerprint density at radius 2 is 1.75 bits per heavy atom. The van der Waals surface area contributed by atoms with E-state index in [2.05, 4.69) is 20.6 Å². The van der Waals surface area contributed by atoms with Crippen LogP contribution in [0, 0.1) is 0 Å². The lowest BCUT2D eigenvalue weighted by Gasteiger charge is -2.19. The number of nitrogens with zero attached hydrogens (tertiary/aromatic N) is 2. The van der Waals surface area contributed by atoms with E-state index in [1.54, 1.807) is 26.5 Å². The van der Waals surface area contributed by atoms with Crippen molar-refractivity contribution in [2.75, 3.05) is 38.1 Å². The number of hydrogen-bond acceptors (Lipinski definition) is 8. The minimum Gasteiger partial charge on any atom is -0.497 e. The summed E-state index contributed by atoms with van der Waals surface area (Å²) in [4.78, 5) is 8.78. The predicted octanol–water partition coefficient (Wildman–Crippen LogP) is 3.75. The molecule has 1 aromatic heterocycles. The van der Waals surface area contributed by atoms with Gasteiger partial charge in [0.25, 0.3) is 0 Å². The molecule has 144 valence electrons. The van der Waals surface area contributed by atoms with Crippen LogP contribution in [0.4, 0.5) is 23.1 Å². The number of fused-ring (bicyclic) bond motifs is 1. The average Bonchev–Trinajstić information content (AvgIpc) is 2.74. The molecule has 1 aliphatic heterocycles. The third kappa shape index (κ3) is 3.85. The standard InChI is InChI=1S/C20H20N4O4/c1-25-14-4-6-16(26-2)15(12-14)23-20-21-8-7-19(24-20)22-13-3-5-17-18(11-13)28-10-9-27-17/h3-8,11-12H,9-10H2,1-2H3,(H2,21,22,23,24). The molecular formula is C20H20N4O4. The maximum Gasteiger partial charge on any atom is 0.229 e. The van der Waals surface area contributed by atoms with Crippen LogP contribution in [0.15, 0.2) is 48.7 Å². The Hall–Kier alpha value is -3.68. The zero-order valence-electron chi connectivity index (χ0n) is 15.6. The van der Waals surface area contributed by atoms with E-state index < -0.39 is 0 Å². The lowest BCUT2D eigenvalue weighted by atomic mass is 10.2. The molecule has 0 saturated carbocycles. The SMILES string of the molecule is COc1ccc(OC)c(Nc2nccc(Nc3ccc4c(c3)OCCO4)n2)c1. The summed E-state index contributed by atoms with van der Waals surface area (Å²) in [5, 5.41) is 6.41. The van der Waals surface area contributed by atoms with Crippen molar-refractivity contribution in [1.82, 2.24) is 9.97 Å². The van der Waals surface area contributed by atoms with Crippen LogP contribution in [0.5, 0.6) is 23.0 Å². The average molecular weight is 380 g/mol. The molecule has 4 rings (SSSR count). The summed E-state index contributed by atoms with van der Waals surface area (Å²) in [7, 11) is 3.22. The normalized spacial score (nSPS) is 12.2. The van der Waals surface area contributed by atoms with Crippen molar-refractivity contribution in [3.05, 3.63) is 48.7 Å². The number of rotatable bonds is 6. The molecule has 8 heteroatoms. The van der Waals surface area contributed by atoms with Crippen molar-refractivity contribution in [1.29, 1.82) is 0 Å².